The molecule has 5 heteroatoms. The third-order valence-electron chi connectivity index (χ3n) is 2.99. The smallest absolute Gasteiger partial charge is 0.0868 e. The lowest BCUT2D eigenvalue weighted by Crippen LogP contribution is -2.20. The fraction of sp³-hybridized carbons (Fsp3) is 0.143. The molecule has 1 N–H and O–H groups in total. The summed E-state index contributed by atoms with van der Waals surface area (Å²) in [7, 11) is 1.95. The number of aromatic nitrogens is 3. The van der Waals surface area contributed by atoms with Crippen LogP contribution in [0.25, 0.3) is 5.69 Å². The van der Waals surface area contributed by atoms with E-state index in [2.05, 4.69) is 33.1 Å². The highest BCUT2D eigenvalue weighted by Crippen LogP contribution is 2.26. The standard InChI is InChI=1S/C14H14N4S/c1-15-14(13-8-5-9-19-13)12-10-16-17-18(12)11-6-3-2-4-7-11/h2-10,14-15H,1H3. The van der Waals surface area contributed by atoms with Crippen LogP contribution >= 0.6 is 11.3 Å². The van der Waals surface area contributed by atoms with Crippen LogP contribution in [-0.2, 0) is 0 Å². The molecule has 0 bridgehead atoms. The number of benzene rings is 1. The van der Waals surface area contributed by atoms with E-state index in [0.717, 1.165) is 11.4 Å². The van der Waals surface area contributed by atoms with Gasteiger partial charge in [-0.3, -0.25) is 0 Å². The van der Waals surface area contributed by atoms with Gasteiger partial charge in [-0.05, 0) is 30.6 Å². The first-order chi connectivity index (χ1) is 9.40. The van der Waals surface area contributed by atoms with Crippen LogP contribution in [-0.4, -0.2) is 22.0 Å². The Labute approximate surface area is 115 Å². The largest absolute Gasteiger partial charge is 0.307 e. The molecular weight excluding hydrogens is 256 g/mol. The molecule has 0 fully saturated rings. The van der Waals surface area contributed by atoms with Crippen molar-refractivity contribution in [2.24, 2.45) is 0 Å². The summed E-state index contributed by atoms with van der Waals surface area (Å²) in [5.74, 6) is 0. The van der Waals surface area contributed by atoms with Gasteiger partial charge in [-0.15, -0.1) is 16.4 Å². The Kier molecular flexibility index (Phi) is 3.39. The van der Waals surface area contributed by atoms with E-state index in [9.17, 15) is 0 Å². The molecule has 0 saturated heterocycles. The molecule has 0 radical (unpaired) electrons. The number of rotatable bonds is 4. The second-order valence-corrected chi connectivity index (χ2v) is 5.12. The minimum atomic E-state index is 0.107. The Morgan fingerprint density at radius 3 is 2.68 bits per heavy atom. The zero-order valence-electron chi connectivity index (χ0n) is 10.5. The normalized spacial score (nSPS) is 12.5. The van der Waals surface area contributed by atoms with E-state index in [4.69, 9.17) is 0 Å². The van der Waals surface area contributed by atoms with E-state index >= 15 is 0 Å². The van der Waals surface area contributed by atoms with Gasteiger partial charge in [0, 0.05) is 4.88 Å². The van der Waals surface area contributed by atoms with E-state index in [-0.39, 0.29) is 6.04 Å². The summed E-state index contributed by atoms with van der Waals surface area (Å²) in [4.78, 5) is 1.25. The van der Waals surface area contributed by atoms with Crippen LogP contribution < -0.4 is 5.32 Å². The molecule has 1 aromatic carbocycles. The van der Waals surface area contributed by atoms with Crippen molar-refractivity contribution in [1.29, 1.82) is 0 Å². The molecule has 0 aliphatic carbocycles. The van der Waals surface area contributed by atoms with Crippen LogP contribution in [0.4, 0.5) is 0 Å². The van der Waals surface area contributed by atoms with Crippen LogP contribution in [0.3, 0.4) is 0 Å². The summed E-state index contributed by atoms with van der Waals surface area (Å²) in [6.45, 7) is 0. The zero-order chi connectivity index (χ0) is 13.1. The van der Waals surface area contributed by atoms with Gasteiger partial charge in [0.25, 0.3) is 0 Å². The highest BCUT2D eigenvalue weighted by atomic mass is 32.1. The van der Waals surface area contributed by atoms with Gasteiger partial charge in [0.15, 0.2) is 0 Å². The number of para-hydroxylation sites is 1. The second-order valence-electron chi connectivity index (χ2n) is 4.14. The number of nitrogens with zero attached hydrogens (tertiary/aromatic N) is 3. The van der Waals surface area contributed by atoms with E-state index in [1.54, 1.807) is 11.3 Å². The molecule has 0 saturated carbocycles. The molecule has 1 atom stereocenters. The lowest BCUT2D eigenvalue weighted by atomic mass is 10.2. The first-order valence-corrected chi connectivity index (χ1v) is 6.95. The maximum Gasteiger partial charge on any atom is 0.0868 e. The number of thiophene rings is 1. The Hall–Kier alpha value is -1.98. The van der Waals surface area contributed by atoms with Gasteiger partial charge in [0.2, 0.25) is 0 Å². The van der Waals surface area contributed by atoms with Gasteiger partial charge < -0.3 is 5.32 Å². The fourth-order valence-electron chi connectivity index (χ4n) is 2.10. The maximum atomic E-state index is 4.20. The predicted molar refractivity (Wildman–Crippen MR) is 76.6 cm³/mol. The first-order valence-electron chi connectivity index (χ1n) is 6.07. The molecule has 3 aromatic rings. The summed E-state index contributed by atoms with van der Waals surface area (Å²) in [5.41, 5.74) is 2.06. The molecule has 0 aliphatic rings. The van der Waals surface area contributed by atoms with Gasteiger partial charge in [0.1, 0.15) is 0 Å². The molecule has 0 spiro atoms. The molecule has 0 aliphatic heterocycles. The van der Waals surface area contributed by atoms with Gasteiger partial charge in [-0.2, -0.15) is 0 Å². The molecular formula is C14H14N4S. The highest BCUT2D eigenvalue weighted by Gasteiger charge is 2.19. The van der Waals surface area contributed by atoms with Gasteiger partial charge >= 0.3 is 0 Å². The third kappa shape index (κ3) is 2.30. The molecule has 2 aromatic heterocycles. The van der Waals surface area contributed by atoms with Crippen LogP contribution in [0.1, 0.15) is 16.6 Å². The summed E-state index contributed by atoms with van der Waals surface area (Å²) in [5, 5.41) is 13.7. The molecule has 1 unspecified atom stereocenters. The van der Waals surface area contributed by atoms with Crippen LogP contribution in [0.2, 0.25) is 0 Å². The average molecular weight is 270 g/mol. The Balaban J connectivity index is 2.04. The molecule has 4 nitrogen and oxygen atoms in total. The Morgan fingerprint density at radius 1 is 1.16 bits per heavy atom. The van der Waals surface area contributed by atoms with E-state index in [1.165, 1.54) is 4.88 Å². The van der Waals surface area contributed by atoms with Crippen molar-refractivity contribution >= 4 is 11.3 Å². The topological polar surface area (TPSA) is 42.7 Å². The number of nitrogens with one attached hydrogen (secondary N) is 1. The second kappa shape index (κ2) is 5.34. The van der Waals surface area contributed by atoms with Crippen LogP contribution in [0.15, 0.2) is 54.0 Å². The van der Waals surface area contributed by atoms with E-state index in [0.29, 0.717) is 0 Å². The third-order valence-corrected chi connectivity index (χ3v) is 3.93. The first kappa shape index (κ1) is 12.1. The molecule has 3 rings (SSSR count). The molecule has 96 valence electrons. The minimum Gasteiger partial charge on any atom is -0.307 e. The van der Waals surface area contributed by atoms with Gasteiger partial charge in [-0.25, -0.2) is 4.68 Å². The van der Waals surface area contributed by atoms with Crippen molar-refractivity contribution in [2.75, 3.05) is 7.05 Å². The average Bonchev–Trinajstić information content (AvgIpc) is 3.12. The molecule has 19 heavy (non-hydrogen) atoms. The summed E-state index contributed by atoms with van der Waals surface area (Å²) < 4.78 is 1.88. The van der Waals surface area contributed by atoms with Crippen molar-refractivity contribution in [2.45, 2.75) is 6.04 Å². The minimum absolute atomic E-state index is 0.107. The monoisotopic (exact) mass is 270 g/mol. The molecule has 0 amide bonds. The van der Waals surface area contributed by atoms with Crippen molar-refractivity contribution in [3.05, 3.63) is 64.6 Å². The Morgan fingerprint density at radius 2 is 2.00 bits per heavy atom. The summed E-state index contributed by atoms with van der Waals surface area (Å²) in [6, 6.07) is 14.3. The molecule has 2 heterocycles. The van der Waals surface area contributed by atoms with E-state index < -0.39 is 0 Å². The van der Waals surface area contributed by atoms with Crippen LogP contribution in [0, 0.1) is 0 Å². The number of hydrogen-bond acceptors (Lipinski definition) is 4. The fourth-order valence-corrected chi connectivity index (χ4v) is 2.95. The summed E-state index contributed by atoms with van der Waals surface area (Å²) in [6.07, 6.45) is 1.81. The lowest BCUT2D eigenvalue weighted by Gasteiger charge is -2.15. The van der Waals surface area contributed by atoms with E-state index in [1.807, 2.05) is 48.3 Å². The van der Waals surface area contributed by atoms with Gasteiger partial charge in [-0.1, -0.05) is 29.5 Å². The highest BCUT2D eigenvalue weighted by molar-refractivity contribution is 7.10. The maximum absolute atomic E-state index is 4.20. The quantitative estimate of drug-likeness (QED) is 0.792. The summed E-state index contributed by atoms with van der Waals surface area (Å²) >= 11 is 1.73. The Bertz CT molecular complexity index is 631. The van der Waals surface area contributed by atoms with Crippen molar-refractivity contribution in [3.63, 3.8) is 0 Å². The lowest BCUT2D eigenvalue weighted by molar-refractivity contribution is 0.642. The van der Waals surface area contributed by atoms with Crippen molar-refractivity contribution in [1.82, 2.24) is 20.3 Å². The SMILES string of the molecule is CNC(c1cccs1)c1cnnn1-c1ccccc1. The van der Waals surface area contributed by atoms with Crippen molar-refractivity contribution in [3.8, 4) is 5.69 Å². The number of hydrogen-bond donors (Lipinski definition) is 1. The predicted octanol–water partition coefficient (Wildman–Crippen LogP) is 2.64. The van der Waals surface area contributed by atoms with Crippen molar-refractivity contribution < 1.29 is 0 Å². The van der Waals surface area contributed by atoms with Crippen LogP contribution in [0.5, 0.6) is 0 Å². The zero-order valence-corrected chi connectivity index (χ0v) is 11.3. The van der Waals surface area contributed by atoms with Gasteiger partial charge in [0.05, 0.1) is 23.6 Å².